The molecule has 0 saturated carbocycles. The summed E-state index contributed by atoms with van der Waals surface area (Å²) < 4.78 is 19.8. The molecule has 0 saturated heterocycles. The Morgan fingerprint density at radius 1 is 1.20 bits per heavy atom. The lowest BCUT2D eigenvalue weighted by molar-refractivity contribution is -0.111. The molecule has 1 aliphatic rings. The van der Waals surface area contributed by atoms with Gasteiger partial charge in [-0.3, -0.25) is 4.79 Å². The summed E-state index contributed by atoms with van der Waals surface area (Å²) in [5.74, 6) is 0.533. The molecule has 0 spiro atoms. The molecule has 40 heavy (non-hydrogen) atoms. The minimum Gasteiger partial charge on any atom is -0.479 e. The highest BCUT2D eigenvalue weighted by atomic mass is 35.5. The van der Waals surface area contributed by atoms with Gasteiger partial charge in [0.2, 0.25) is 23.7 Å². The standard InChI is InChI=1S/C27H33ClFN9O2/c1-8-22(39)32-19-13-20(24(40-7)34-23(19)37(6)10-9-36(4)5)33-25-30-15-31-26(35-25)38-14-27(2,3)16-11-18(29)17(28)12-21(16)38/h8,11-13,15H,1,9-10,14H2,2-7H3,(H,32,39)(H,30,31,33,35). The van der Waals surface area contributed by atoms with Crippen LogP contribution in [0.1, 0.15) is 19.4 Å². The Kier molecular flexibility index (Phi) is 8.40. The van der Waals surface area contributed by atoms with E-state index < -0.39 is 5.82 Å². The number of amides is 1. The van der Waals surface area contributed by atoms with Crippen molar-refractivity contribution in [2.45, 2.75) is 19.3 Å². The summed E-state index contributed by atoms with van der Waals surface area (Å²) in [5.41, 5.74) is 2.06. The predicted molar refractivity (Wildman–Crippen MR) is 156 cm³/mol. The third-order valence-corrected chi connectivity index (χ3v) is 6.80. The largest absolute Gasteiger partial charge is 0.479 e. The lowest BCUT2D eigenvalue weighted by Crippen LogP contribution is -2.30. The van der Waals surface area contributed by atoms with Crippen molar-refractivity contribution >= 4 is 52.3 Å². The first-order valence-corrected chi connectivity index (χ1v) is 12.9. The molecule has 11 nitrogen and oxygen atoms in total. The number of fused-ring (bicyclic) bond motifs is 1. The highest BCUT2D eigenvalue weighted by Crippen LogP contribution is 2.45. The zero-order valence-electron chi connectivity index (χ0n) is 23.4. The Morgan fingerprint density at radius 2 is 1.95 bits per heavy atom. The molecule has 0 radical (unpaired) electrons. The lowest BCUT2D eigenvalue weighted by Gasteiger charge is -2.24. The Balaban J connectivity index is 1.69. The smallest absolute Gasteiger partial charge is 0.247 e. The van der Waals surface area contributed by atoms with Crippen molar-refractivity contribution in [2.24, 2.45) is 0 Å². The van der Waals surface area contributed by atoms with Crippen LogP contribution in [0.3, 0.4) is 0 Å². The second-order valence-electron chi connectivity index (χ2n) is 10.3. The molecule has 2 N–H and O–H groups in total. The molecule has 0 atom stereocenters. The third kappa shape index (κ3) is 6.07. The summed E-state index contributed by atoms with van der Waals surface area (Å²) in [6.45, 7) is 9.53. The molecule has 3 heterocycles. The van der Waals surface area contributed by atoms with Crippen molar-refractivity contribution in [3.63, 3.8) is 0 Å². The van der Waals surface area contributed by atoms with E-state index in [1.807, 2.05) is 49.7 Å². The number of halogens is 2. The molecule has 0 fully saturated rings. The average molecular weight is 570 g/mol. The quantitative estimate of drug-likeness (QED) is 0.341. The summed E-state index contributed by atoms with van der Waals surface area (Å²) in [4.78, 5) is 36.0. The number of rotatable bonds is 10. The first kappa shape index (κ1) is 29.0. The van der Waals surface area contributed by atoms with Gasteiger partial charge in [0.25, 0.3) is 0 Å². The topological polar surface area (TPSA) is 112 Å². The van der Waals surface area contributed by atoms with Gasteiger partial charge in [-0.15, -0.1) is 0 Å². The molecule has 212 valence electrons. The number of aromatic nitrogens is 4. The molecular weight excluding hydrogens is 537 g/mol. The summed E-state index contributed by atoms with van der Waals surface area (Å²) in [6, 6.07) is 4.75. The molecule has 0 bridgehead atoms. The van der Waals surface area contributed by atoms with Crippen LogP contribution in [0.25, 0.3) is 0 Å². The first-order valence-electron chi connectivity index (χ1n) is 12.5. The second-order valence-corrected chi connectivity index (χ2v) is 10.7. The maximum absolute atomic E-state index is 14.3. The number of anilines is 6. The van der Waals surface area contributed by atoms with Gasteiger partial charge in [-0.05, 0) is 43.9 Å². The molecule has 1 aromatic carbocycles. The summed E-state index contributed by atoms with van der Waals surface area (Å²) in [6.07, 6.45) is 2.57. The van der Waals surface area contributed by atoms with Crippen molar-refractivity contribution in [3.05, 3.63) is 53.6 Å². The van der Waals surface area contributed by atoms with Crippen LogP contribution in [-0.2, 0) is 10.2 Å². The van der Waals surface area contributed by atoms with Gasteiger partial charge in [0.15, 0.2) is 5.82 Å². The maximum Gasteiger partial charge on any atom is 0.247 e. The molecule has 0 unspecified atom stereocenters. The number of carbonyl (C=O) groups excluding carboxylic acids is 1. The fourth-order valence-corrected chi connectivity index (χ4v) is 4.56. The van der Waals surface area contributed by atoms with E-state index in [4.69, 9.17) is 16.3 Å². The van der Waals surface area contributed by atoms with Gasteiger partial charge >= 0.3 is 0 Å². The number of carbonyl (C=O) groups is 1. The third-order valence-electron chi connectivity index (χ3n) is 6.51. The number of nitrogens with one attached hydrogen (secondary N) is 2. The highest BCUT2D eigenvalue weighted by Gasteiger charge is 2.38. The van der Waals surface area contributed by atoms with Crippen LogP contribution < -0.4 is 25.2 Å². The van der Waals surface area contributed by atoms with Gasteiger partial charge in [-0.2, -0.15) is 9.97 Å². The Labute approximate surface area is 238 Å². The predicted octanol–water partition coefficient (Wildman–Crippen LogP) is 4.36. The van der Waals surface area contributed by atoms with Crippen LogP contribution in [0, 0.1) is 5.82 Å². The molecule has 13 heteroatoms. The minimum atomic E-state index is -0.469. The van der Waals surface area contributed by atoms with Gasteiger partial charge in [0.1, 0.15) is 17.8 Å². The number of ether oxygens (including phenoxy) is 1. The van der Waals surface area contributed by atoms with Crippen LogP contribution in [0.4, 0.5) is 39.2 Å². The van der Waals surface area contributed by atoms with Crippen LogP contribution in [0.5, 0.6) is 5.88 Å². The normalized spacial score (nSPS) is 13.7. The van der Waals surface area contributed by atoms with Gasteiger partial charge in [0, 0.05) is 37.8 Å². The van der Waals surface area contributed by atoms with E-state index in [2.05, 4.69) is 37.1 Å². The van der Waals surface area contributed by atoms with Crippen LogP contribution in [0.15, 0.2) is 37.2 Å². The minimum absolute atomic E-state index is 0.0226. The van der Waals surface area contributed by atoms with Gasteiger partial charge < -0.3 is 30.1 Å². The van der Waals surface area contributed by atoms with Crippen molar-refractivity contribution in [1.29, 1.82) is 0 Å². The molecule has 1 aliphatic heterocycles. The molecular formula is C27H33ClFN9O2. The molecule has 1 amide bonds. The van der Waals surface area contributed by atoms with Crippen LogP contribution >= 0.6 is 11.6 Å². The highest BCUT2D eigenvalue weighted by molar-refractivity contribution is 6.31. The second kappa shape index (κ2) is 11.6. The molecule has 4 rings (SSSR count). The van der Waals surface area contributed by atoms with Crippen LogP contribution in [-0.4, -0.2) is 78.6 Å². The number of methoxy groups -OCH3 is 1. The van der Waals surface area contributed by atoms with E-state index >= 15 is 0 Å². The number of hydrogen-bond acceptors (Lipinski definition) is 10. The van der Waals surface area contributed by atoms with Crippen molar-refractivity contribution in [3.8, 4) is 5.88 Å². The number of likely N-dealkylation sites (N-methyl/N-ethyl adjacent to an activating group) is 2. The Hall–Kier alpha value is -4.03. The number of hydrogen-bond donors (Lipinski definition) is 2. The van der Waals surface area contributed by atoms with E-state index in [-0.39, 0.29) is 28.2 Å². The van der Waals surface area contributed by atoms with E-state index in [1.54, 1.807) is 12.1 Å². The maximum atomic E-state index is 14.3. The van der Waals surface area contributed by atoms with E-state index in [9.17, 15) is 9.18 Å². The molecule has 3 aromatic rings. The molecule has 0 aliphatic carbocycles. The first-order chi connectivity index (χ1) is 18.9. The van der Waals surface area contributed by atoms with Crippen molar-refractivity contribution in [1.82, 2.24) is 24.8 Å². The summed E-state index contributed by atoms with van der Waals surface area (Å²) in [7, 11) is 7.34. The number of pyridine rings is 1. The summed E-state index contributed by atoms with van der Waals surface area (Å²) >= 11 is 6.11. The average Bonchev–Trinajstić information content (AvgIpc) is 3.17. The zero-order chi connectivity index (χ0) is 29.2. The number of nitrogens with zero attached hydrogens (tertiary/aromatic N) is 7. The Bertz CT molecular complexity index is 1430. The van der Waals surface area contributed by atoms with Gasteiger partial charge in [0.05, 0.1) is 17.8 Å². The summed E-state index contributed by atoms with van der Waals surface area (Å²) in [5, 5.41) is 5.97. The fourth-order valence-electron chi connectivity index (χ4n) is 4.40. The van der Waals surface area contributed by atoms with Crippen LogP contribution in [0.2, 0.25) is 5.02 Å². The zero-order valence-corrected chi connectivity index (χ0v) is 24.2. The van der Waals surface area contributed by atoms with Gasteiger partial charge in [-0.1, -0.05) is 32.0 Å². The number of benzene rings is 1. The van der Waals surface area contributed by atoms with E-state index in [0.29, 0.717) is 36.2 Å². The van der Waals surface area contributed by atoms with E-state index in [0.717, 1.165) is 17.8 Å². The fraction of sp³-hybridized carbons (Fsp3) is 0.370. The lowest BCUT2D eigenvalue weighted by atomic mass is 9.87. The van der Waals surface area contributed by atoms with Gasteiger partial charge in [-0.25, -0.2) is 14.4 Å². The SMILES string of the molecule is C=CC(=O)Nc1cc(Nc2ncnc(N3CC(C)(C)c4cc(F)c(Cl)cc43)n2)c(OC)nc1N(C)CCN(C)C. The molecule has 2 aromatic heterocycles. The monoisotopic (exact) mass is 569 g/mol. The Morgan fingerprint density at radius 3 is 2.62 bits per heavy atom. The van der Waals surface area contributed by atoms with Crippen molar-refractivity contribution < 1.29 is 13.9 Å². The van der Waals surface area contributed by atoms with E-state index in [1.165, 1.54) is 25.6 Å². The van der Waals surface area contributed by atoms with Crippen molar-refractivity contribution in [2.75, 3.05) is 68.3 Å².